The summed E-state index contributed by atoms with van der Waals surface area (Å²) < 4.78 is 1.68. The molecule has 1 aromatic heterocycles. The van der Waals surface area contributed by atoms with Gasteiger partial charge in [-0.3, -0.25) is 9.48 Å². The van der Waals surface area contributed by atoms with E-state index in [2.05, 4.69) is 5.10 Å². The van der Waals surface area contributed by atoms with Gasteiger partial charge in [0, 0.05) is 25.7 Å². The minimum atomic E-state index is -0.971. The number of carboxylic acid groups (broad SMARTS) is 1. The van der Waals surface area contributed by atoms with E-state index in [9.17, 15) is 9.59 Å². The molecule has 1 fully saturated rings. The number of hydrogen-bond donors (Lipinski definition) is 1. The van der Waals surface area contributed by atoms with E-state index in [-0.39, 0.29) is 17.5 Å². The normalized spacial score (nSPS) is 19.4. The third kappa shape index (κ3) is 3.13. The maximum absolute atomic E-state index is 11.9. The molecule has 0 bridgehead atoms. The van der Waals surface area contributed by atoms with Gasteiger partial charge in [-0.2, -0.15) is 5.10 Å². The van der Waals surface area contributed by atoms with Gasteiger partial charge in [0.2, 0.25) is 5.91 Å². The Bertz CT molecular complexity index is 469. The largest absolute Gasteiger partial charge is 0.478 e. The summed E-state index contributed by atoms with van der Waals surface area (Å²) >= 11 is 0. The fourth-order valence-electron chi connectivity index (χ4n) is 2.42. The highest BCUT2D eigenvalue weighted by Gasteiger charge is 2.25. The van der Waals surface area contributed by atoms with Gasteiger partial charge in [0.15, 0.2) is 0 Å². The zero-order valence-corrected chi connectivity index (χ0v) is 11.1. The van der Waals surface area contributed by atoms with Crippen LogP contribution in [-0.4, -0.2) is 44.8 Å². The van der Waals surface area contributed by atoms with E-state index < -0.39 is 5.97 Å². The Balaban J connectivity index is 2.03. The Morgan fingerprint density at radius 3 is 2.95 bits per heavy atom. The number of aromatic nitrogens is 2. The van der Waals surface area contributed by atoms with Crippen molar-refractivity contribution >= 4 is 11.9 Å². The fourth-order valence-corrected chi connectivity index (χ4v) is 2.42. The molecule has 1 N–H and O–H groups in total. The van der Waals surface area contributed by atoms with E-state index in [1.54, 1.807) is 10.9 Å². The molecule has 1 aliphatic heterocycles. The van der Waals surface area contributed by atoms with Gasteiger partial charge in [-0.05, 0) is 19.3 Å². The highest BCUT2D eigenvalue weighted by Crippen LogP contribution is 2.22. The third-order valence-corrected chi connectivity index (χ3v) is 3.44. The van der Waals surface area contributed by atoms with Crippen LogP contribution in [0.5, 0.6) is 0 Å². The highest BCUT2D eigenvalue weighted by molar-refractivity contribution is 5.86. The maximum Gasteiger partial charge on any atom is 0.338 e. The van der Waals surface area contributed by atoms with Crippen molar-refractivity contribution in [2.24, 2.45) is 0 Å². The van der Waals surface area contributed by atoms with Gasteiger partial charge in [-0.15, -0.1) is 0 Å². The van der Waals surface area contributed by atoms with Crippen molar-refractivity contribution in [2.45, 2.75) is 38.6 Å². The molecule has 0 radical (unpaired) electrons. The fraction of sp³-hybridized carbons (Fsp3) is 0.615. The number of rotatable bonds is 4. The summed E-state index contributed by atoms with van der Waals surface area (Å²) in [6.45, 7) is 3.41. The molecule has 2 heterocycles. The minimum Gasteiger partial charge on any atom is -0.478 e. The lowest BCUT2D eigenvalue weighted by Crippen LogP contribution is -2.40. The van der Waals surface area contributed by atoms with Gasteiger partial charge in [0.05, 0.1) is 17.8 Å². The first-order valence-corrected chi connectivity index (χ1v) is 6.67. The molecule has 19 heavy (non-hydrogen) atoms. The molecule has 104 valence electrons. The molecule has 6 heteroatoms. The summed E-state index contributed by atoms with van der Waals surface area (Å²) in [5, 5.41) is 13.0. The lowest BCUT2D eigenvalue weighted by molar-refractivity contribution is -0.132. The van der Waals surface area contributed by atoms with Crippen molar-refractivity contribution in [3.8, 4) is 0 Å². The Labute approximate surface area is 112 Å². The van der Waals surface area contributed by atoms with E-state index in [0.717, 1.165) is 25.8 Å². The summed E-state index contributed by atoms with van der Waals surface area (Å²) in [6.07, 6.45) is 6.19. The predicted molar refractivity (Wildman–Crippen MR) is 68.9 cm³/mol. The number of hydrogen-bond acceptors (Lipinski definition) is 3. The van der Waals surface area contributed by atoms with Gasteiger partial charge < -0.3 is 10.0 Å². The Morgan fingerprint density at radius 2 is 2.32 bits per heavy atom. The third-order valence-electron chi connectivity index (χ3n) is 3.44. The zero-order chi connectivity index (χ0) is 13.8. The molecule has 0 aliphatic carbocycles. The molecule has 6 nitrogen and oxygen atoms in total. The van der Waals surface area contributed by atoms with E-state index in [1.807, 2.05) is 11.8 Å². The topological polar surface area (TPSA) is 75.4 Å². The van der Waals surface area contributed by atoms with Crippen LogP contribution in [-0.2, 0) is 4.79 Å². The Kier molecular flexibility index (Phi) is 4.19. The number of carbonyl (C=O) groups is 2. The van der Waals surface area contributed by atoms with Crippen molar-refractivity contribution in [3.63, 3.8) is 0 Å². The number of aromatic carboxylic acids is 1. The monoisotopic (exact) mass is 265 g/mol. The number of carbonyl (C=O) groups excluding carboxylic acids is 1. The summed E-state index contributed by atoms with van der Waals surface area (Å²) in [7, 11) is 0. The molecule has 0 saturated carbocycles. The molecule has 1 aliphatic rings. The Morgan fingerprint density at radius 1 is 1.53 bits per heavy atom. The second-order valence-electron chi connectivity index (χ2n) is 4.90. The summed E-state index contributed by atoms with van der Waals surface area (Å²) in [5.41, 5.74) is 0.192. The van der Waals surface area contributed by atoms with Crippen molar-refractivity contribution < 1.29 is 14.7 Å². The first-order valence-electron chi connectivity index (χ1n) is 6.67. The lowest BCUT2D eigenvalue weighted by atomic mass is 10.1. The van der Waals surface area contributed by atoms with Crippen LogP contribution in [0.15, 0.2) is 12.4 Å². The highest BCUT2D eigenvalue weighted by atomic mass is 16.4. The molecule has 1 atom stereocenters. The smallest absolute Gasteiger partial charge is 0.338 e. The summed E-state index contributed by atoms with van der Waals surface area (Å²) in [4.78, 5) is 24.6. The average molecular weight is 265 g/mol. The number of carboxylic acids is 1. The van der Waals surface area contributed by atoms with E-state index in [4.69, 9.17) is 5.11 Å². The van der Waals surface area contributed by atoms with Crippen LogP contribution < -0.4 is 0 Å². The maximum atomic E-state index is 11.9. The van der Waals surface area contributed by atoms with Crippen LogP contribution in [0.3, 0.4) is 0 Å². The second-order valence-corrected chi connectivity index (χ2v) is 4.90. The Hall–Kier alpha value is -1.85. The van der Waals surface area contributed by atoms with Gasteiger partial charge in [-0.25, -0.2) is 4.79 Å². The first-order chi connectivity index (χ1) is 9.11. The van der Waals surface area contributed by atoms with E-state index >= 15 is 0 Å². The minimum absolute atomic E-state index is 0.0858. The van der Waals surface area contributed by atoms with E-state index in [0.29, 0.717) is 13.0 Å². The number of piperidine rings is 1. The zero-order valence-electron chi connectivity index (χ0n) is 11.1. The average Bonchev–Trinajstić information content (AvgIpc) is 2.89. The van der Waals surface area contributed by atoms with Crippen LogP contribution in [0.4, 0.5) is 0 Å². The lowest BCUT2D eigenvalue weighted by Gasteiger charge is -2.32. The van der Waals surface area contributed by atoms with Crippen molar-refractivity contribution in [1.29, 1.82) is 0 Å². The van der Waals surface area contributed by atoms with E-state index in [1.165, 1.54) is 6.20 Å². The molecule has 1 amide bonds. The first kappa shape index (κ1) is 13.6. The number of amides is 1. The quantitative estimate of drug-likeness (QED) is 0.896. The molecular formula is C13H19N3O3. The van der Waals surface area contributed by atoms with Crippen molar-refractivity contribution in [1.82, 2.24) is 14.7 Å². The molecule has 0 spiro atoms. The van der Waals surface area contributed by atoms with Gasteiger partial charge in [0.25, 0.3) is 0 Å². The van der Waals surface area contributed by atoms with Gasteiger partial charge in [-0.1, -0.05) is 6.92 Å². The molecule has 0 aromatic carbocycles. The predicted octanol–water partition coefficient (Wildman–Crippen LogP) is 1.54. The standard InChI is InChI=1S/C13H19N3O3/c1-2-4-12(17)15-6-3-5-11(9-15)16-8-10(7-14-16)13(18)19/h7-8,11H,2-6,9H2,1H3,(H,18,19)/t11-/m0/s1. The molecule has 1 saturated heterocycles. The SMILES string of the molecule is CCCC(=O)N1CCC[C@H](n2cc(C(=O)O)cn2)C1. The summed E-state index contributed by atoms with van der Waals surface area (Å²) in [6, 6.07) is 0.0858. The van der Waals surface area contributed by atoms with Crippen molar-refractivity contribution in [3.05, 3.63) is 18.0 Å². The van der Waals surface area contributed by atoms with Crippen LogP contribution in [0.2, 0.25) is 0 Å². The van der Waals surface area contributed by atoms with Crippen LogP contribution in [0, 0.1) is 0 Å². The van der Waals surface area contributed by atoms with Crippen LogP contribution in [0.1, 0.15) is 49.0 Å². The van der Waals surface area contributed by atoms with Crippen LogP contribution in [0.25, 0.3) is 0 Å². The summed E-state index contributed by atoms with van der Waals surface area (Å²) in [5.74, 6) is -0.793. The molecule has 1 aromatic rings. The molecular weight excluding hydrogens is 246 g/mol. The van der Waals surface area contributed by atoms with Crippen molar-refractivity contribution in [2.75, 3.05) is 13.1 Å². The second kappa shape index (κ2) is 5.86. The van der Waals surface area contributed by atoms with Crippen LogP contribution >= 0.6 is 0 Å². The van der Waals surface area contributed by atoms with Gasteiger partial charge in [0.1, 0.15) is 0 Å². The number of nitrogens with zero attached hydrogens (tertiary/aromatic N) is 3. The molecule has 2 rings (SSSR count). The number of likely N-dealkylation sites (tertiary alicyclic amines) is 1. The van der Waals surface area contributed by atoms with Gasteiger partial charge >= 0.3 is 5.97 Å². The molecule has 0 unspecified atom stereocenters.